The Morgan fingerprint density at radius 2 is 2.33 bits per heavy atom. The summed E-state index contributed by atoms with van der Waals surface area (Å²) in [5.41, 5.74) is 2.89. The normalized spacial score (nSPS) is 10.8. The van der Waals surface area contributed by atoms with E-state index in [0.29, 0.717) is 0 Å². The summed E-state index contributed by atoms with van der Waals surface area (Å²) in [5, 5.41) is 13.1. The Bertz CT molecular complexity index is 406. The molecule has 0 amide bonds. The molecule has 2 aromatic rings. The van der Waals surface area contributed by atoms with Crippen LogP contribution in [0.15, 0.2) is 24.4 Å². The van der Waals surface area contributed by atoms with Crippen molar-refractivity contribution in [2.45, 2.75) is 13.5 Å². The number of aromatic nitrogens is 2. The van der Waals surface area contributed by atoms with Crippen molar-refractivity contribution in [1.29, 1.82) is 0 Å². The number of aryl methyl sites for hydroxylation is 1. The molecule has 12 heavy (non-hydrogen) atoms. The fraction of sp³-hybridized carbons (Fsp3) is 0.222. The highest BCUT2D eigenvalue weighted by Gasteiger charge is 1.98. The van der Waals surface area contributed by atoms with E-state index in [1.165, 1.54) is 0 Å². The van der Waals surface area contributed by atoms with Crippen molar-refractivity contribution < 1.29 is 5.11 Å². The predicted molar refractivity (Wildman–Crippen MR) is 45.9 cm³/mol. The second kappa shape index (κ2) is 2.60. The molecule has 1 N–H and O–H groups in total. The van der Waals surface area contributed by atoms with Gasteiger partial charge in [-0.05, 0) is 30.7 Å². The summed E-state index contributed by atoms with van der Waals surface area (Å²) in [6.45, 7) is 2.01. The first-order valence-electron chi connectivity index (χ1n) is 3.85. The molecule has 0 aromatic carbocycles. The first-order valence-corrected chi connectivity index (χ1v) is 3.85. The van der Waals surface area contributed by atoms with Gasteiger partial charge in [0.1, 0.15) is 0 Å². The third kappa shape index (κ3) is 1.08. The summed E-state index contributed by atoms with van der Waals surface area (Å²) in [7, 11) is 0. The van der Waals surface area contributed by atoms with E-state index < -0.39 is 0 Å². The van der Waals surface area contributed by atoms with E-state index >= 15 is 0 Å². The summed E-state index contributed by atoms with van der Waals surface area (Å²) in [6.07, 6.45) is 1.84. The molecule has 0 aliphatic heterocycles. The van der Waals surface area contributed by atoms with Gasteiger partial charge in [-0.1, -0.05) is 0 Å². The molecule has 3 nitrogen and oxygen atoms in total. The number of hydrogen-bond acceptors (Lipinski definition) is 2. The first-order chi connectivity index (χ1) is 5.79. The van der Waals surface area contributed by atoms with Crippen molar-refractivity contribution in [3.05, 3.63) is 35.7 Å². The Hall–Kier alpha value is -1.35. The van der Waals surface area contributed by atoms with Crippen molar-refractivity contribution >= 4 is 5.52 Å². The number of rotatable bonds is 1. The molecule has 0 aliphatic rings. The van der Waals surface area contributed by atoms with Crippen LogP contribution in [0.5, 0.6) is 0 Å². The molecule has 0 fully saturated rings. The highest BCUT2D eigenvalue weighted by atomic mass is 16.3. The van der Waals surface area contributed by atoms with Gasteiger partial charge in [-0.25, -0.2) is 4.52 Å². The molecule has 0 bridgehead atoms. The van der Waals surface area contributed by atoms with Crippen LogP contribution >= 0.6 is 0 Å². The van der Waals surface area contributed by atoms with Crippen LogP contribution in [0.1, 0.15) is 11.3 Å². The number of nitrogens with zero attached hydrogens (tertiary/aromatic N) is 2. The lowest BCUT2D eigenvalue weighted by Gasteiger charge is -1.93. The molecule has 2 aromatic heterocycles. The Balaban J connectivity index is 2.67. The van der Waals surface area contributed by atoms with Crippen LogP contribution in [-0.4, -0.2) is 14.7 Å². The molecule has 2 heterocycles. The first kappa shape index (κ1) is 7.31. The van der Waals surface area contributed by atoms with Crippen LogP contribution in [0.4, 0.5) is 0 Å². The SMILES string of the molecule is Cc1ccc2cc(CO)cn2n1. The fourth-order valence-corrected chi connectivity index (χ4v) is 1.23. The standard InChI is InChI=1S/C9H10N2O/c1-7-2-3-9-4-8(6-12)5-11(9)10-7/h2-5,12H,6H2,1H3. The maximum absolute atomic E-state index is 8.87. The second-order valence-corrected chi connectivity index (χ2v) is 2.85. The Labute approximate surface area is 70.3 Å². The smallest absolute Gasteiger partial charge is 0.0697 e. The summed E-state index contributed by atoms with van der Waals surface area (Å²) in [6, 6.07) is 5.87. The molecular weight excluding hydrogens is 152 g/mol. The minimum Gasteiger partial charge on any atom is -0.392 e. The van der Waals surface area contributed by atoms with Crippen molar-refractivity contribution in [3.8, 4) is 0 Å². The van der Waals surface area contributed by atoms with E-state index in [-0.39, 0.29) is 6.61 Å². The average Bonchev–Trinajstić information content (AvgIpc) is 2.46. The molecule has 0 unspecified atom stereocenters. The van der Waals surface area contributed by atoms with Gasteiger partial charge in [0, 0.05) is 6.20 Å². The predicted octanol–water partition coefficient (Wildman–Crippen LogP) is 1.14. The van der Waals surface area contributed by atoms with Crippen LogP contribution < -0.4 is 0 Å². The Morgan fingerprint density at radius 1 is 1.50 bits per heavy atom. The zero-order valence-electron chi connectivity index (χ0n) is 6.86. The molecular formula is C9H10N2O. The second-order valence-electron chi connectivity index (χ2n) is 2.85. The van der Waals surface area contributed by atoms with Gasteiger partial charge in [0.25, 0.3) is 0 Å². The molecule has 0 saturated heterocycles. The number of aliphatic hydroxyl groups excluding tert-OH is 1. The van der Waals surface area contributed by atoms with Crippen molar-refractivity contribution in [2.75, 3.05) is 0 Å². The largest absolute Gasteiger partial charge is 0.392 e. The quantitative estimate of drug-likeness (QED) is 0.682. The van der Waals surface area contributed by atoms with Crippen LogP contribution in [0, 0.1) is 6.92 Å². The van der Waals surface area contributed by atoms with Gasteiger partial charge in [0.05, 0.1) is 17.8 Å². The van der Waals surface area contributed by atoms with Gasteiger partial charge in [-0.2, -0.15) is 5.10 Å². The lowest BCUT2D eigenvalue weighted by atomic mass is 10.3. The van der Waals surface area contributed by atoms with Gasteiger partial charge in [0.2, 0.25) is 0 Å². The molecule has 0 spiro atoms. The van der Waals surface area contributed by atoms with Crippen LogP contribution in [0.25, 0.3) is 5.52 Å². The van der Waals surface area contributed by atoms with E-state index in [0.717, 1.165) is 16.8 Å². The minimum absolute atomic E-state index is 0.0718. The number of fused-ring (bicyclic) bond motifs is 1. The monoisotopic (exact) mass is 162 g/mol. The Morgan fingerprint density at radius 3 is 3.08 bits per heavy atom. The summed E-state index contributed by atoms with van der Waals surface area (Å²) in [4.78, 5) is 0. The lowest BCUT2D eigenvalue weighted by molar-refractivity contribution is 0.282. The molecule has 0 atom stereocenters. The lowest BCUT2D eigenvalue weighted by Crippen LogP contribution is -1.90. The third-order valence-electron chi connectivity index (χ3n) is 1.83. The number of aliphatic hydroxyl groups is 1. The van der Waals surface area contributed by atoms with Crippen molar-refractivity contribution in [2.24, 2.45) is 0 Å². The summed E-state index contributed by atoms with van der Waals surface area (Å²) in [5.74, 6) is 0. The van der Waals surface area contributed by atoms with Crippen LogP contribution in [-0.2, 0) is 6.61 Å². The summed E-state index contributed by atoms with van der Waals surface area (Å²) >= 11 is 0. The average molecular weight is 162 g/mol. The highest BCUT2D eigenvalue weighted by Crippen LogP contribution is 2.08. The van der Waals surface area contributed by atoms with Crippen LogP contribution in [0.3, 0.4) is 0 Å². The maximum atomic E-state index is 8.87. The maximum Gasteiger partial charge on any atom is 0.0697 e. The van der Waals surface area contributed by atoms with E-state index in [1.54, 1.807) is 4.52 Å². The van der Waals surface area contributed by atoms with Gasteiger partial charge < -0.3 is 5.11 Å². The van der Waals surface area contributed by atoms with E-state index in [9.17, 15) is 0 Å². The molecule has 3 heteroatoms. The highest BCUT2D eigenvalue weighted by molar-refractivity contribution is 5.49. The zero-order valence-corrected chi connectivity index (χ0v) is 6.86. The molecule has 0 aliphatic carbocycles. The van der Waals surface area contributed by atoms with Gasteiger partial charge >= 0.3 is 0 Å². The molecule has 0 radical (unpaired) electrons. The fourth-order valence-electron chi connectivity index (χ4n) is 1.23. The molecule has 62 valence electrons. The van der Waals surface area contributed by atoms with Crippen molar-refractivity contribution in [3.63, 3.8) is 0 Å². The van der Waals surface area contributed by atoms with E-state index in [1.807, 2.05) is 31.3 Å². The van der Waals surface area contributed by atoms with E-state index in [4.69, 9.17) is 5.11 Å². The molecule has 2 rings (SSSR count). The topological polar surface area (TPSA) is 37.5 Å². The summed E-state index contributed by atoms with van der Waals surface area (Å²) < 4.78 is 1.78. The van der Waals surface area contributed by atoms with Crippen molar-refractivity contribution in [1.82, 2.24) is 9.61 Å². The molecule has 0 saturated carbocycles. The van der Waals surface area contributed by atoms with E-state index in [2.05, 4.69) is 5.10 Å². The van der Waals surface area contributed by atoms with Gasteiger partial charge in [0.15, 0.2) is 0 Å². The minimum atomic E-state index is 0.0718. The van der Waals surface area contributed by atoms with Gasteiger partial charge in [-0.15, -0.1) is 0 Å². The third-order valence-corrected chi connectivity index (χ3v) is 1.83. The number of hydrogen-bond donors (Lipinski definition) is 1. The van der Waals surface area contributed by atoms with Crippen LogP contribution in [0.2, 0.25) is 0 Å². The van der Waals surface area contributed by atoms with Gasteiger partial charge in [-0.3, -0.25) is 0 Å². The zero-order chi connectivity index (χ0) is 8.55. The Kier molecular flexibility index (Phi) is 1.59.